The lowest BCUT2D eigenvalue weighted by Gasteiger charge is -2.13. The van der Waals surface area contributed by atoms with Gasteiger partial charge in [-0.15, -0.1) is 0 Å². The van der Waals surface area contributed by atoms with Crippen molar-refractivity contribution < 1.29 is 9.47 Å². The molecule has 0 unspecified atom stereocenters. The maximum Gasteiger partial charge on any atom is 0.123 e. The summed E-state index contributed by atoms with van der Waals surface area (Å²) in [6.45, 7) is 6.28. The van der Waals surface area contributed by atoms with Gasteiger partial charge in [-0.05, 0) is 53.5 Å². The number of allylic oxidation sites excluding steroid dienone is 1. The summed E-state index contributed by atoms with van der Waals surface area (Å²) in [6, 6.07) is 13.8. The van der Waals surface area contributed by atoms with Crippen LogP contribution in [0.1, 0.15) is 37.0 Å². The summed E-state index contributed by atoms with van der Waals surface area (Å²) in [7, 11) is 5.11. The zero-order chi connectivity index (χ0) is 19.5. The number of anilines is 1. The first-order chi connectivity index (χ1) is 12.5. The minimum absolute atomic E-state index is 0.687. The van der Waals surface area contributed by atoms with Gasteiger partial charge in [0.15, 0.2) is 0 Å². The highest BCUT2D eigenvalue weighted by molar-refractivity contribution is 5.83. The molecule has 4 heteroatoms. The van der Waals surface area contributed by atoms with Gasteiger partial charge in [0.1, 0.15) is 11.5 Å². The third kappa shape index (κ3) is 5.56. The molecule has 0 bridgehead atoms. The second-order valence-electron chi connectivity index (χ2n) is 5.78. The van der Waals surface area contributed by atoms with Crippen molar-refractivity contribution in [3.63, 3.8) is 0 Å². The summed E-state index contributed by atoms with van der Waals surface area (Å²) in [5.41, 5.74) is 4.85. The lowest BCUT2D eigenvalue weighted by molar-refractivity contribution is 0.394. The average molecular weight is 352 g/mol. The fourth-order valence-corrected chi connectivity index (χ4v) is 2.47. The van der Waals surface area contributed by atoms with Crippen LogP contribution in [0.4, 0.5) is 5.69 Å². The molecule has 4 nitrogen and oxygen atoms in total. The second kappa shape index (κ2) is 10.8. The van der Waals surface area contributed by atoms with Crippen molar-refractivity contribution in [2.24, 2.45) is 0 Å². The summed E-state index contributed by atoms with van der Waals surface area (Å²) in [5.74, 6) is 1.37. The van der Waals surface area contributed by atoms with Crippen molar-refractivity contribution in [2.45, 2.75) is 27.2 Å². The Labute approximate surface area is 157 Å². The van der Waals surface area contributed by atoms with Crippen LogP contribution >= 0.6 is 0 Å². The number of aryl methyl sites for hydroxylation is 1. The number of rotatable bonds is 5. The molecule has 138 valence electrons. The van der Waals surface area contributed by atoms with E-state index in [1.54, 1.807) is 20.3 Å². The lowest BCUT2D eigenvalue weighted by atomic mass is 9.95. The highest BCUT2D eigenvalue weighted by Gasteiger charge is 2.10. The first-order valence-electron chi connectivity index (χ1n) is 8.66. The van der Waals surface area contributed by atoms with Crippen LogP contribution in [0.15, 0.2) is 42.5 Å². The topological polar surface area (TPSA) is 54.3 Å². The summed E-state index contributed by atoms with van der Waals surface area (Å²) in [6.07, 6.45) is 2.79. The number of hydrogen-bond acceptors (Lipinski definition) is 4. The molecule has 0 radical (unpaired) electrons. The molecule has 2 aromatic carbocycles. The van der Waals surface area contributed by atoms with E-state index < -0.39 is 0 Å². The van der Waals surface area contributed by atoms with Crippen LogP contribution < -0.4 is 14.8 Å². The first kappa shape index (κ1) is 21.1. The van der Waals surface area contributed by atoms with Gasteiger partial charge < -0.3 is 14.8 Å². The Bertz CT molecular complexity index is 767. The van der Waals surface area contributed by atoms with Gasteiger partial charge in [-0.2, -0.15) is 5.26 Å². The minimum Gasteiger partial charge on any atom is -0.497 e. The van der Waals surface area contributed by atoms with Crippen LogP contribution in [-0.2, 0) is 0 Å². The van der Waals surface area contributed by atoms with E-state index in [2.05, 4.69) is 31.3 Å². The van der Waals surface area contributed by atoms with Crippen LogP contribution in [0, 0.1) is 18.3 Å². The van der Waals surface area contributed by atoms with Crippen molar-refractivity contribution >= 4 is 11.3 Å². The largest absolute Gasteiger partial charge is 0.497 e. The Kier molecular flexibility index (Phi) is 8.80. The molecule has 0 spiro atoms. The van der Waals surface area contributed by atoms with Crippen LogP contribution in [0.5, 0.6) is 11.5 Å². The molecule has 26 heavy (non-hydrogen) atoms. The molecule has 2 aromatic rings. The third-order valence-corrected chi connectivity index (χ3v) is 3.68. The molecule has 0 aliphatic carbocycles. The highest BCUT2D eigenvalue weighted by atomic mass is 16.5. The van der Waals surface area contributed by atoms with Crippen molar-refractivity contribution in [1.82, 2.24) is 0 Å². The smallest absolute Gasteiger partial charge is 0.123 e. The highest BCUT2D eigenvalue weighted by Crippen LogP contribution is 2.32. The maximum absolute atomic E-state index is 9.18. The molecule has 1 N–H and O–H groups in total. The maximum atomic E-state index is 9.18. The molecule has 0 fully saturated rings. The standard InChI is InChI=1S/C19H20N2O2.C3H8/c1-13-9-14(5-6-19(13)21-2)18(7-8-20)15-10-16(22-3)12-17(11-15)23-4;1-3-2/h5-7,9-12,21H,1-4H3;3H2,1-2H3/b18-7+;. The predicted octanol–water partition coefficient (Wildman–Crippen LogP) is 5.43. The number of hydrogen-bond donors (Lipinski definition) is 1. The first-order valence-corrected chi connectivity index (χ1v) is 8.66. The fourth-order valence-electron chi connectivity index (χ4n) is 2.47. The van der Waals surface area contributed by atoms with Gasteiger partial charge in [-0.25, -0.2) is 0 Å². The summed E-state index contributed by atoms with van der Waals surface area (Å²) < 4.78 is 10.6. The number of nitrogens with zero attached hydrogens (tertiary/aromatic N) is 1. The molecule has 0 saturated carbocycles. The van der Waals surface area contributed by atoms with Crippen molar-refractivity contribution in [3.8, 4) is 17.6 Å². The van der Waals surface area contributed by atoms with Gasteiger partial charge in [0.05, 0.1) is 20.3 Å². The molecule has 2 rings (SSSR count). The predicted molar refractivity (Wildman–Crippen MR) is 109 cm³/mol. The Morgan fingerprint density at radius 3 is 2.04 bits per heavy atom. The number of methoxy groups -OCH3 is 2. The van der Waals surface area contributed by atoms with Gasteiger partial charge in [0.2, 0.25) is 0 Å². The van der Waals surface area contributed by atoms with Crippen molar-refractivity contribution in [1.29, 1.82) is 5.26 Å². The number of nitrogens with one attached hydrogen (secondary N) is 1. The van der Waals surface area contributed by atoms with E-state index in [9.17, 15) is 5.26 Å². The fraction of sp³-hybridized carbons (Fsp3) is 0.318. The summed E-state index contributed by atoms with van der Waals surface area (Å²) in [5, 5.41) is 12.3. The Morgan fingerprint density at radius 2 is 1.62 bits per heavy atom. The number of benzene rings is 2. The number of nitriles is 1. The van der Waals surface area contributed by atoms with E-state index in [4.69, 9.17) is 9.47 Å². The van der Waals surface area contributed by atoms with E-state index in [0.717, 1.165) is 28.0 Å². The molecule has 0 amide bonds. The average Bonchev–Trinajstić information content (AvgIpc) is 2.66. The van der Waals surface area contributed by atoms with E-state index in [0.29, 0.717) is 11.5 Å². The van der Waals surface area contributed by atoms with Crippen LogP contribution in [0.25, 0.3) is 5.57 Å². The SMILES string of the molecule is CCC.CNc1ccc(/C(=C\C#N)c2cc(OC)cc(OC)c2)cc1C. The van der Waals surface area contributed by atoms with Gasteiger partial charge in [-0.3, -0.25) is 0 Å². The summed E-state index contributed by atoms with van der Waals surface area (Å²) >= 11 is 0. The molecular formula is C22H28N2O2. The van der Waals surface area contributed by atoms with Gasteiger partial charge in [0, 0.05) is 24.9 Å². The van der Waals surface area contributed by atoms with Crippen molar-refractivity contribution in [2.75, 3.05) is 26.6 Å². The molecule has 0 aromatic heterocycles. The lowest BCUT2D eigenvalue weighted by Crippen LogP contribution is -1.96. The van der Waals surface area contributed by atoms with E-state index in [-0.39, 0.29) is 0 Å². The van der Waals surface area contributed by atoms with E-state index in [1.165, 1.54) is 6.42 Å². The van der Waals surface area contributed by atoms with E-state index in [1.807, 2.05) is 44.3 Å². The van der Waals surface area contributed by atoms with Gasteiger partial charge in [0.25, 0.3) is 0 Å². The van der Waals surface area contributed by atoms with Crippen molar-refractivity contribution in [3.05, 3.63) is 59.2 Å². The normalized spacial score (nSPS) is 10.3. The molecule has 0 atom stereocenters. The van der Waals surface area contributed by atoms with Gasteiger partial charge in [-0.1, -0.05) is 26.3 Å². The molecule has 0 heterocycles. The third-order valence-electron chi connectivity index (χ3n) is 3.68. The minimum atomic E-state index is 0.687. The quantitative estimate of drug-likeness (QED) is 0.729. The molecule has 0 saturated heterocycles. The summed E-state index contributed by atoms with van der Waals surface area (Å²) in [4.78, 5) is 0. The Morgan fingerprint density at radius 1 is 1.04 bits per heavy atom. The zero-order valence-corrected chi connectivity index (χ0v) is 16.5. The van der Waals surface area contributed by atoms with Gasteiger partial charge >= 0.3 is 0 Å². The van der Waals surface area contributed by atoms with E-state index >= 15 is 0 Å². The molecule has 0 aliphatic rings. The second-order valence-corrected chi connectivity index (χ2v) is 5.78. The van der Waals surface area contributed by atoms with Crippen LogP contribution in [0.2, 0.25) is 0 Å². The monoisotopic (exact) mass is 352 g/mol. The molecule has 0 aliphatic heterocycles. The number of ether oxygens (including phenoxy) is 2. The van der Waals surface area contributed by atoms with Crippen LogP contribution in [0.3, 0.4) is 0 Å². The van der Waals surface area contributed by atoms with Crippen LogP contribution in [-0.4, -0.2) is 21.3 Å². The zero-order valence-electron chi connectivity index (χ0n) is 16.5. The Balaban J connectivity index is 0.00000105. The molecular weight excluding hydrogens is 324 g/mol. The Hall–Kier alpha value is -2.93.